The summed E-state index contributed by atoms with van der Waals surface area (Å²) >= 11 is 5.99. The molecule has 0 aliphatic heterocycles. The smallest absolute Gasteiger partial charge is 0.271 e. The predicted octanol–water partition coefficient (Wildman–Crippen LogP) is 4.62. The number of nitrogens with one attached hydrogen (secondary N) is 3. The van der Waals surface area contributed by atoms with Crippen LogP contribution in [0, 0.1) is 24.4 Å². The van der Waals surface area contributed by atoms with Gasteiger partial charge in [-0.15, -0.1) is 0 Å². The Kier molecular flexibility index (Phi) is 6.42. The second-order valence-corrected chi connectivity index (χ2v) is 8.51. The van der Waals surface area contributed by atoms with Crippen molar-refractivity contribution >= 4 is 38.9 Å². The van der Waals surface area contributed by atoms with E-state index < -0.39 is 39.1 Å². The van der Waals surface area contributed by atoms with E-state index in [1.54, 1.807) is 31.2 Å². The van der Waals surface area contributed by atoms with Gasteiger partial charge in [0.15, 0.2) is 17.5 Å². The van der Waals surface area contributed by atoms with Crippen molar-refractivity contribution in [1.82, 2.24) is 5.43 Å². The molecule has 0 spiro atoms. The van der Waals surface area contributed by atoms with Gasteiger partial charge in [-0.2, -0.15) is 0 Å². The maximum absolute atomic E-state index is 13.7. The summed E-state index contributed by atoms with van der Waals surface area (Å²) in [4.78, 5) is 12.2. The van der Waals surface area contributed by atoms with Gasteiger partial charge in [-0.1, -0.05) is 23.7 Å². The molecule has 0 saturated heterocycles. The van der Waals surface area contributed by atoms with E-state index >= 15 is 0 Å². The van der Waals surface area contributed by atoms with Gasteiger partial charge in [-0.05, 0) is 55.0 Å². The van der Waals surface area contributed by atoms with Gasteiger partial charge < -0.3 is 0 Å². The second-order valence-electron chi connectivity index (χ2n) is 6.42. The van der Waals surface area contributed by atoms with E-state index in [9.17, 15) is 26.4 Å². The topological polar surface area (TPSA) is 87.3 Å². The van der Waals surface area contributed by atoms with Crippen LogP contribution in [0.25, 0.3) is 0 Å². The maximum Gasteiger partial charge on any atom is 0.271 e. The molecular weight excluding hydrogens is 455 g/mol. The highest BCUT2D eigenvalue weighted by Gasteiger charge is 2.20. The Bertz CT molecular complexity index is 1270. The van der Waals surface area contributed by atoms with Crippen LogP contribution in [-0.4, -0.2) is 14.3 Å². The Morgan fingerprint density at radius 1 is 0.968 bits per heavy atom. The summed E-state index contributed by atoms with van der Waals surface area (Å²) in [6, 6.07) is 11.7. The zero-order valence-corrected chi connectivity index (χ0v) is 17.4. The van der Waals surface area contributed by atoms with Gasteiger partial charge >= 0.3 is 0 Å². The third-order valence-corrected chi connectivity index (χ3v) is 5.82. The predicted molar refractivity (Wildman–Crippen MR) is 111 cm³/mol. The minimum Gasteiger partial charge on any atom is -0.295 e. The lowest BCUT2D eigenvalue weighted by molar-refractivity contribution is 0.0962. The number of hydrogen-bond donors (Lipinski definition) is 3. The number of rotatable bonds is 6. The van der Waals surface area contributed by atoms with Crippen LogP contribution in [0.3, 0.4) is 0 Å². The van der Waals surface area contributed by atoms with Crippen LogP contribution >= 0.6 is 11.6 Å². The number of hydrogen-bond acceptors (Lipinski definition) is 4. The summed E-state index contributed by atoms with van der Waals surface area (Å²) in [5, 5.41) is -0.0837. The first-order valence-electron chi connectivity index (χ1n) is 8.67. The van der Waals surface area contributed by atoms with Crippen LogP contribution in [-0.2, 0) is 10.0 Å². The SMILES string of the molecule is Cc1cccc(NS(=O)(=O)c2ccc(Cl)c(C(=O)NNc3ccc(F)c(F)c3F)c2)c1. The molecule has 3 aromatic rings. The lowest BCUT2D eigenvalue weighted by atomic mass is 10.2. The van der Waals surface area contributed by atoms with Gasteiger partial charge in [-0.3, -0.25) is 20.4 Å². The number of hydrazine groups is 1. The monoisotopic (exact) mass is 469 g/mol. The summed E-state index contributed by atoms with van der Waals surface area (Å²) in [6.07, 6.45) is 0. The fourth-order valence-electron chi connectivity index (χ4n) is 2.58. The molecule has 0 saturated carbocycles. The molecule has 11 heteroatoms. The van der Waals surface area contributed by atoms with Gasteiger partial charge in [0.25, 0.3) is 15.9 Å². The normalized spacial score (nSPS) is 11.1. The van der Waals surface area contributed by atoms with Crippen molar-refractivity contribution in [2.24, 2.45) is 0 Å². The molecule has 0 atom stereocenters. The van der Waals surface area contributed by atoms with Crippen LogP contribution < -0.4 is 15.6 Å². The van der Waals surface area contributed by atoms with Crippen molar-refractivity contribution in [2.45, 2.75) is 11.8 Å². The lowest BCUT2D eigenvalue weighted by Crippen LogP contribution is -2.30. The fourth-order valence-corrected chi connectivity index (χ4v) is 3.86. The Morgan fingerprint density at radius 2 is 1.71 bits per heavy atom. The Hall–Kier alpha value is -3.24. The molecule has 0 fully saturated rings. The molecule has 3 aromatic carbocycles. The number of sulfonamides is 1. The summed E-state index contributed by atoms with van der Waals surface area (Å²) in [5.41, 5.74) is 4.56. The van der Waals surface area contributed by atoms with E-state index in [1.807, 2.05) is 0 Å². The zero-order valence-electron chi connectivity index (χ0n) is 15.8. The molecule has 3 N–H and O–H groups in total. The molecule has 0 bridgehead atoms. The first-order chi connectivity index (χ1) is 14.6. The van der Waals surface area contributed by atoms with Gasteiger partial charge in [0.1, 0.15) is 0 Å². The molecule has 6 nitrogen and oxygen atoms in total. The standard InChI is InChI=1S/C20H15ClF3N3O3S/c1-11-3-2-4-12(9-11)27-31(29,30)13-5-6-15(21)14(10-13)20(28)26-25-17-8-7-16(22)18(23)19(17)24/h2-10,25,27H,1H3,(H,26,28). The highest BCUT2D eigenvalue weighted by Crippen LogP contribution is 2.24. The number of carbonyl (C=O) groups is 1. The number of anilines is 2. The van der Waals surface area contributed by atoms with Gasteiger partial charge in [0.2, 0.25) is 0 Å². The maximum atomic E-state index is 13.7. The first-order valence-corrected chi connectivity index (χ1v) is 10.5. The van der Waals surface area contributed by atoms with Gasteiger partial charge in [0.05, 0.1) is 21.2 Å². The Morgan fingerprint density at radius 3 is 2.42 bits per heavy atom. The lowest BCUT2D eigenvalue weighted by Gasteiger charge is -2.13. The van der Waals surface area contributed by atoms with Crippen molar-refractivity contribution < 1.29 is 26.4 Å². The van der Waals surface area contributed by atoms with E-state index in [0.29, 0.717) is 11.8 Å². The van der Waals surface area contributed by atoms with Crippen LogP contribution in [0.15, 0.2) is 59.5 Å². The zero-order chi connectivity index (χ0) is 22.8. The molecule has 162 valence electrons. The second kappa shape index (κ2) is 8.86. The summed E-state index contributed by atoms with van der Waals surface area (Å²) in [7, 11) is -4.05. The van der Waals surface area contributed by atoms with Crippen LogP contribution in [0.1, 0.15) is 15.9 Å². The summed E-state index contributed by atoms with van der Waals surface area (Å²) < 4.78 is 67.7. The number of halogens is 4. The highest BCUT2D eigenvalue weighted by molar-refractivity contribution is 7.92. The molecule has 0 aromatic heterocycles. The van der Waals surface area contributed by atoms with E-state index in [2.05, 4.69) is 15.6 Å². The number of benzene rings is 3. The minimum atomic E-state index is -4.05. The highest BCUT2D eigenvalue weighted by atomic mass is 35.5. The molecule has 0 unspecified atom stereocenters. The average molecular weight is 470 g/mol. The largest absolute Gasteiger partial charge is 0.295 e. The van der Waals surface area contributed by atoms with Crippen molar-refractivity contribution in [1.29, 1.82) is 0 Å². The van der Waals surface area contributed by atoms with Crippen molar-refractivity contribution in [2.75, 3.05) is 10.1 Å². The van der Waals surface area contributed by atoms with E-state index in [0.717, 1.165) is 17.7 Å². The minimum absolute atomic E-state index is 0.0837. The quantitative estimate of drug-likeness (QED) is 0.363. The molecule has 0 heterocycles. The third kappa shape index (κ3) is 5.09. The van der Waals surface area contributed by atoms with Gasteiger partial charge in [0, 0.05) is 5.69 Å². The van der Waals surface area contributed by atoms with Crippen molar-refractivity contribution in [3.05, 3.63) is 88.2 Å². The van der Waals surface area contributed by atoms with Crippen LogP contribution in [0.2, 0.25) is 5.02 Å². The molecule has 3 rings (SSSR count). The number of carbonyl (C=O) groups excluding carboxylic acids is 1. The van der Waals surface area contributed by atoms with E-state index in [4.69, 9.17) is 11.6 Å². The van der Waals surface area contributed by atoms with Crippen LogP contribution in [0.5, 0.6) is 0 Å². The van der Waals surface area contributed by atoms with Crippen LogP contribution in [0.4, 0.5) is 24.5 Å². The van der Waals surface area contributed by atoms with E-state index in [1.165, 1.54) is 12.1 Å². The van der Waals surface area contributed by atoms with Gasteiger partial charge in [-0.25, -0.2) is 21.6 Å². The summed E-state index contributed by atoms with van der Waals surface area (Å²) in [5.74, 6) is -5.57. The van der Waals surface area contributed by atoms with Crippen molar-refractivity contribution in [3.8, 4) is 0 Å². The molecule has 31 heavy (non-hydrogen) atoms. The molecule has 0 aliphatic rings. The fraction of sp³-hybridized carbons (Fsp3) is 0.0500. The average Bonchev–Trinajstić information content (AvgIpc) is 2.71. The Labute approximate surface area is 181 Å². The number of amides is 1. The third-order valence-electron chi connectivity index (χ3n) is 4.11. The Balaban J connectivity index is 1.82. The molecule has 0 aliphatic carbocycles. The summed E-state index contributed by atoms with van der Waals surface area (Å²) in [6.45, 7) is 1.80. The first kappa shape index (κ1) is 22.4. The number of aryl methyl sites for hydroxylation is 1. The molecular formula is C20H15ClF3N3O3S. The van der Waals surface area contributed by atoms with Crippen molar-refractivity contribution in [3.63, 3.8) is 0 Å². The molecule has 1 amide bonds. The van der Waals surface area contributed by atoms with E-state index in [-0.39, 0.29) is 15.5 Å². The molecule has 0 radical (unpaired) electrons.